The fourth-order valence-corrected chi connectivity index (χ4v) is 1.28. The molecule has 2 atom stereocenters. The molecule has 2 N–H and O–H groups in total. The van der Waals surface area contributed by atoms with Crippen LogP contribution in [0.3, 0.4) is 0 Å². The molecule has 0 aliphatic heterocycles. The number of methoxy groups -OCH3 is 1. The van der Waals surface area contributed by atoms with Crippen molar-refractivity contribution >= 4 is 5.97 Å². The van der Waals surface area contributed by atoms with Gasteiger partial charge in [0.15, 0.2) is 5.60 Å². The number of nitrogens with one attached hydrogen (secondary N) is 1. The largest absolute Gasteiger partial charge is 0.468 e. The zero-order valence-corrected chi connectivity index (χ0v) is 9.69. The van der Waals surface area contributed by atoms with Gasteiger partial charge in [-0.25, -0.2) is 4.79 Å². The molecule has 0 aromatic carbocycles. The predicted octanol–water partition coefficient (Wildman–Crippen LogP) is 0.854. The standard InChI is InChI=1S/C11H17NO4/c1-8(9-5-4-6-16-9)12-7-11(2,14)10(13)15-3/h4-6,8,12,14H,7H2,1-3H3/t8-,11?/m0/s1. The first kappa shape index (κ1) is 12.7. The second-order valence-electron chi connectivity index (χ2n) is 3.88. The van der Waals surface area contributed by atoms with E-state index in [-0.39, 0.29) is 12.6 Å². The van der Waals surface area contributed by atoms with Crippen molar-refractivity contribution in [3.63, 3.8) is 0 Å². The molecule has 5 nitrogen and oxygen atoms in total. The Morgan fingerprint density at radius 1 is 1.75 bits per heavy atom. The van der Waals surface area contributed by atoms with Gasteiger partial charge in [0.05, 0.1) is 19.4 Å². The summed E-state index contributed by atoms with van der Waals surface area (Å²) in [5.74, 6) is 0.0901. The predicted molar refractivity (Wildman–Crippen MR) is 57.8 cm³/mol. The van der Waals surface area contributed by atoms with Crippen molar-refractivity contribution in [2.45, 2.75) is 25.5 Å². The highest BCUT2D eigenvalue weighted by atomic mass is 16.5. The first-order chi connectivity index (χ1) is 7.47. The van der Waals surface area contributed by atoms with Crippen molar-refractivity contribution in [1.29, 1.82) is 0 Å². The van der Waals surface area contributed by atoms with E-state index in [1.54, 1.807) is 12.3 Å². The molecule has 0 aliphatic carbocycles. The molecule has 0 aliphatic rings. The Morgan fingerprint density at radius 3 is 2.94 bits per heavy atom. The summed E-state index contributed by atoms with van der Waals surface area (Å²) in [5.41, 5.74) is -1.53. The van der Waals surface area contributed by atoms with Crippen LogP contribution < -0.4 is 5.32 Å². The van der Waals surface area contributed by atoms with E-state index in [0.29, 0.717) is 0 Å². The second kappa shape index (κ2) is 5.14. The Hall–Kier alpha value is -1.33. The lowest BCUT2D eigenvalue weighted by atomic mass is 10.1. The molecule has 1 aromatic rings. The third-order valence-corrected chi connectivity index (χ3v) is 2.35. The minimum absolute atomic E-state index is 0.0777. The first-order valence-electron chi connectivity index (χ1n) is 5.05. The van der Waals surface area contributed by atoms with Crippen molar-refractivity contribution in [2.75, 3.05) is 13.7 Å². The zero-order valence-electron chi connectivity index (χ0n) is 9.69. The number of ether oxygens (including phenoxy) is 1. The maximum Gasteiger partial charge on any atom is 0.338 e. The molecule has 5 heteroatoms. The Balaban J connectivity index is 2.48. The van der Waals surface area contributed by atoms with Gasteiger partial charge in [0, 0.05) is 6.54 Å². The molecule has 0 fully saturated rings. The summed E-state index contributed by atoms with van der Waals surface area (Å²) in [7, 11) is 1.24. The van der Waals surface area contributed by atoms with Crippen LogP contribution in [0, 0.1) is 0 Å². The lowest BCUT2D eigenvalue weighted by molar-refractivity contribution is -0.160. The summed E-state index contributed by atoms with van der Waals surface area (Å²) in [6, 6.07) is 3.53. The van der Waals surface area contributed by atoms with E-state index in [1.807, 2.05) is 13.0 Å². The van der Waals surface area contributed by atoms with Crippen LogP contribution >= 0.6 is 0 Å². The number of furan rings is 1. The fraction of sp³-hybridized carbons (Fsp3) is 0.545. The van der Waals surface area contributed by atoms with Gasteiger partial charge in [-0.3, -0.25) is 0 Å². The summed E-state index contributed by atoms with van der Waals surface area (Å²) in [5, 5.41) is 12.8. The van der Waals surface area contributed by atoms with E-state index in [1.165, 1.54) is 14.0 Å². The van der Waals surface area contributed by atoms with Crippen LogP contribution in [0.4, 0.5) is 0 Å². The average Bonchev–Trinajstić information content (AvgIpc) is 2.78. The van der Waals surface area contributed by atoms with Crippen LogP contribution in [0.2, 0.25) is 0 Å². The van der Waals surface area contributed by atoms with Gasteiger partial charge < -0.3 is 19.6 Å². The monoisotopic (exact) mass is 227 g/mol. The number of hydrogen-bond donors (Lipinski definition) is 2. The van der Waals surface area contributed by atoms with Crippen molar-refractivity contribution < 1.29 is 19.1 Å². The molecule has 1 aromatic heterocycles. The maximum atomic E-state index is 11.2. The van der Waals surface area contributed by atoms with Crippen molar-refractivity contribution in [2.24, 2.45) is 0 Å². The maximum absolute atomic E-state index is 11.2. The molecule has 0 amide bonds. The molecular weight excluding hydrogens is 210 g/mol. The first-order valence-corrected chi connectivity index (χ1v) is 5.05. The number of carbonyl (C=O) groups excluding carboxylic acids is 1. The third kappa shape index (κ3) is 3.08. The number of aliphatic hydroxyl groups is 1. The normalized spacial score (nSPS) is 16.5. The third-order valence-electron chi connectivity index (χ3n) is 2.35. The smallest absolute Gasteiger partial charge is 0.338 e. The van der Waals surface area contributed by atoms with Gasteiger partial charge in [0.2, 0.25) is 0 Å². The molecule has 0 bridgehead atoms. The molecule has 1 heterocycles. The number of hydrogen-bond acceptors (Lipinski definition) is 5. The number of rotatable bonds is 5. The van der Waals surface area contributed by atoms with Crippen molar-refractivity contribution in [3.8, 4) is 0 Å². The highest BCUT2D eigenvalue weighted by molar-refractivity contribution is 5.78. The molecule has 1 unspecified atom stereocenters. The van der Waals surface area contributed by atoms with Gasteiger partial charge in [-0.1, -0.05) is 0 Å². The number of carbonyl (C=O) groups is 1. The van der Waals surface area contributed by atoms with Gasteiger partial charge in [0.1, 0.15) is 5.76 Å². The molecule has 0 saturated heterocycles. The van der Waals surface area contributed by atoms with Crippen LogP contribution in [0.5, 0.6) is 0 Å². The van der Waals surface area contributed by atoms with E-state index in [0.717, 1.165) is 5.76 Å². The summed E-state index contributed by atoms with van der Waals surface area (Å²) < 4.78 is 9.67. The SMILES string of the molecule is COC(=O)C(C)(O)CN[C@@H](C)c1ccco1. The van der Waals surface area contributed by atoms with Gasteiger partial charge >= 0.3 is 5.97 Å². The Bertz CT molecular complexity index is 332. The van der Waals surface area contributed by atoms with E-state index in [2.05, 4.69) is 10.1 Å². The Kier molecular flexibility index (Phi) is 4.09. The van der Waals surface area contributed by atoms with Crippen molar-refractivity contribution in [1.82, 2.24) is 5.32 Å². The summed E-state index contributed by atoms with van der Waals surface area (Å²) >= 11 is 0. The lowest BCUT2D eigenvalue weighted by Crippen LogP contribution is -2.46. The van der Waals surface area contributed by atoms with Crippen LogP contribution in [0.1, 0.15) is 25.6 Å². The molecule has 0 radical (unpaired) electrons. The lowest BCUT2D eigenvalue weighted by Gasteiger charge is -2.22. The summed E-state index contributed by atoms with van der Waals surface area (Å²) in [6.07, 6.45) is 1.58. The fourth-order valence-electron chi connectivity index (χ4n) is 1.28. The minimum Gasteiger partial charge on any atom is -0.468 e. The van der Waals surface area contributed by atoms with E-state index >= 15 is 0 Å². The quantitative estimate of drug-likeness (QED) is 0.730. The summed E-state index contributed by atoms with van der Waals surface area (Å²) in [6.45, 7) is 3.38. The van der Waals surface area contributed by atoms with Crippen LogP contribution in [0.25, 0.3) is 0 Å². The molecule has 0 spiro atoms. The van der Waals surface area contributed by atoms with Gasteiger partial charge in [-0.15, -0.1) is 0 Å². The second-order valence-corrected chi connectivity index (χ2v) is 3.88. The van der Waals surface area contributed by atoms with Gasteiger partial charge in [-0.05, 0) is 26.0 Å². The van der Waals surface area contributed by atoms with Gasteiger partial charge in [0.25, 0.3) is 0 Å². The van der Waals surface area contributed by atoms with E-state index in [9.17, 15) is 9.90 Å². The van der Waals surface area contributed by atoms with Crippen LogP contribution in [-0.4, -0.2) is 30.3 Å². The van der Waals surface area contributed by atoms with E-state index in [4.69, 9.17) is 4.42 Å². The average molecular weight is 227 g/mol. The highest BCUT2D eigenvalue weighted by Crippen LogP contribution is 2.13. The molecule has 90 valence electrons. The van der Waals surface area contributed by atoms with Crippen LogP contribution in [-0.2, 0) is 9.53 Å². The molecule has 16 heavy (non-hydrogen) atoms. The molecule has 1 rings (SSSR count). The van der Waals surface area contributed by atoms with Crippen molar-refractivity contribution in [3.05, 3.63) is 24.2 Å². The minimum atomic E-state index is -1.53. The van der Waals surface area contributed by atoms with E-state index < -0.39 is 11.6 Å². The Morgan fingerprint density at radius 2 is 2.44 bits per heavy atom. The van der Waals surface area contributed by atoms with Gasteiger partial charge in [-0.2, -0.15) is 0 Å². The zero-order chi connectivity index (χ0) is 12.2. The summed E-state index contributed by atoms with van der Waals surface area (Å²) in [4.78, 5) is 11.2. The highest BCUT2D eigenvalue weighted by Gasteiger charge is 2.31. The Labute approximate surface area is 94.4 Å². The molecular formula is C11H17NO4. The van der Waals surface area contributed by atoms with Crippen LogP contribution in [0.15, 0.2) is 22.8 Å². The molecule has 0 saturated carbocycles. The topological polar surface area (TPSA) is 71.7 Å². The number of esters is 1.